The summed E-state index contributed by atoms with van der Waals surface area (Å²) < 4.78 is 5.09. The Labute approximate surface area is 149 Å². The monoisotopic (exact) mass is 359 g/mol. The molecule has 130 valence electrons. The van der Waals surface area contributed by atoms with E-state index >= 15 is 0 Å². The van der Waals surface area contributed by atoms with E-state index in [1.165, 1.54) is 18.2 Å². The lowest BCUT2D eigenvalue weighted by Crippen LogP contribution is -2.19. The molecule has 0 aliphatic carbocycles. The second-order valence-electron chi connectivity index (χ2n) is 5.29. The number of aromatic carboxylic acids is 1. The Morgan fingerprint density at radius 3 is 2.44 bits per heavy atom. The van der Waals surface area contributed by atoms with Crippen LogP contribution in [0.3, 0.4) is 0 Å². The number of carboxylic acids is 1. The molecule has 0 radical (unpaired) electrons. The number of nitrogens with zero attached hydrogens (tertiary/aromatic N) is 1. The molecule has 0 bridgehead atoms. The Morgan fingerprint density at radius 1 is 1.16 bits per heavy atom. The molecule has 6 nitrogen and oxygen atoms in total. The number of hydrogen-bond donors (Lipinski definition) is 1. The van der Waals surface area contributed by atoms with Crippen molar-refractivity contribution in [3.05, 3.63) is 64.6 Å². The molecule has 0 heterocycles. The van der Waals surface area contributed by atoms with E-state index < -0.39 is 18.0 Å². The van der Waals surface area contributed by atoms with Crippen molar-refractivity contribution in [2.45, 2.75) is 23.8 Å². The average Bonchev–Trinajstić information content (AvgIpc) is 2.62. The van der Waals surface area contributed by atoms with Gasteiger partial charge in [-0.2, -0.15) is 4.91 Å². The van der Waals surface area contributed by atoms with E-state index in [9.17, 15) is 14.5 Å². The fraction of sp³-hybridized carbons (Fsp3) is 0.222. The second-order valence-corrected chi connectivity index (χ2v) is 6.17. The third kappa shape index (κ3) is 5.42. The molecule has 0 aliphatic heterocycles. The number of esters is 1. The highest BCUT2D eigenvalue weighted by molar-refractivity contribution is 7.98. The highest BCUT2D eigenvalue weighted by atomic mass is 32.2. The minimum Gasteiger partial charge on any atom is -0.478 e. The number of rotatable bonds is 8. The van der Waals surface area contributed by atoms with Crippen LogP contribution in [0.15, 0.2) is 58.6 Å². The predicted molar refractivity (Wildman–Crippen MR) is 95.2 cm³/mol. The largest absolute Gasteiger partial charge is 0.478 e. The fourth-order valence-electron chi connectivity index (χ4n) is 2.27. The van der Waals surface area contributed by atoms with E-state index in [0.717, 1.165) is 10.5 Å². The quantitative estimate of drug-likeness (QED) is 0.334. The summed E-state index contributed by atoms with van der Waals surface area (Å²) in [5.41, 5.74) is 0.778. The van der Waals surface area contributed by atoms with Crippen molar-refractivity contribution in [3.8, 4) is 5.75 Å². The summed E-state index contributed by atoms with van der Waals surface area (Å²) in [5, 5.41) is 12.1. The molecule has 0 amide bonds. The van der Waals surface area contributed by atoms with E-state index in [0.29, 0.717) is 6.42 Å². The first kappa shape index (κ1) is 18.7. The number of para-hydroxylation sites is 1. The van der Waals surface area contributed by atoms with Crippen molar-refractivity contribution in [3.63, 3.8) is 0 Å². The van der Waals surface area contributed by atoms with E-state index in [1.54, 1.807) is 17.8 Å². The Balaban J connectivity index is 2.00. The van der Waals surface area contributed by atoms with Crippen LogP contribution in [0.4, 0.5) is 0 Å². The van der Waals surface area contributed by atoms with Crippen molar-refractivity contribution in [1.29, 1.82) is 0 Å². The van der Waals surface area contributed by atoms with E-state index in [2.05, 4.69) is 5.18 Å². The number of ether oxygens (including phenoxy) is 1. The summed E-state index contributed by atoms with van der Waals surface area (Å²) in [6.07, 6.45) is 2.06. The van der Waals surface area contributed by atoms with Gasteiger partial charge in [-0.3, -0.25) is 4.79 Å². The number of carbonyl (C=O) groups excluding carboxylic acids is 1. The normalized spacial score (nSPS) is 11.6. The summed E-state index contributed by atoms with van der Waals surface area (Å²) in [6, 6.07) is 12.7. The van der Waals surface area contributed by atoms with E-state index in [4.69, 9.17) is 9.84 Å². The van der Waals surface area contributed by atoms with Gasteiger partial charge in [-0.15, -0.1) is 11.8 Å². The molecule has 0 fully saturated rings. The molecular formula is C18H17NO5S. The first-order chi connectivity index (χ1) is 12.0. The SMILES string of the molecule is CSc1ccc(CC(CC(=O)Oc2ccccc2C(=O)O)N=O)cc1. The highest BCUT2D eigenvalue weighted by Crippen LogP contribution is 2.20. The van der Waals surface area contributed by atoms with Crippen molar-refractivity contribution >= 4 is 23.7 Å². The van der Waals surface area contributed by atoms with Crippen LogP contribution in [0.2, 0.25) is 0 Å². The molecule has 2 rings (SSSR count). The lowest BCUT2D eigenvalue weighted by molar-refractivity contribution is -0.134. The molecule has 1 atom stereocenters. The molecule has 25 heavy (non-hydrogen) atoms. The molecule has 7 heteroatoms. The smallest absolute Gasteiger partial charge is 0.339 e. The number of hydrogen-bond acceptors (Lipinski definition) is 6. The van der Waals surface area contributed by atoms with Crippen LogP contribution in [-0.2, 0) is 11.2 Å². The van der Waals surface area contributed by atoms with Gasteiger partial charge >= 0.3 is 11.9 Å². The molecule has 0 spiro atoms. The number of benzene rings is 2. The molecule has 0 saturated carbocycles. The maximum absolute atomic E-state index is 12.0. The van der Waals surface area contributed by atoms with Gasteiger partial charge in [0.25, 0.3) is 0 Å². The van der Waals surface area contributed by atoms with Crippen LogP contribution in [0.5, 0.6) is 5.75 Å². The highest BCUT2D eigenvalue weighted by Gasteiger charge is 2.19. The van der Waals surface area contributed by atoms with Crippen LogP contribution in [0, 0.1) is 4.91 Å². The van der Waals surface area contributed by atoms with Gasteiger partial charge in [-0.05, 0) is 42.5 Å². The third-order valence-electron chi connectivity index (χ3n) is 3.52. The summed E-state index contributed by atoms with van der Waals surface area (Å²) >= 11 is 1.61. The van der Waals surface area contributed by atoms with Gasteiger partial charge < -0.3 is 9.84 Å². The van der Waals surface area contributed by atoms with Crippen molar-refractivity contribution in [2.75, 3.05) is 6.26 Å². The number of thioether (sulfide) groups is 1. The molecule has 1 N–H and O–H groups in total. The fourth-order valence-corrected chi connectivity index (χ4v) is 2.68. The van der Waals surface area contributed by atoms with Crippen LogP contribution in [-0.4, -0.2) is 29.3 Å². The Morgan fingerprint density at radius 2 is 1.84 bits per heavy atom. The molecule has 2 aromatic rings. The summed E-state index contributed by atoms with van der Waals surface area (Å²) in [7, 11) is 0. The molecule has 0 aromatic heterocycles. The molecule has 0 aliphatic rings. The van der Waals surface area contributed by atoms with E-state index in [-0.39, 0.29) is 17.7 Å². The standard InChI is InChI=1S/C18H17NO5S/c1-25-14-8-6-12(7-9-14)10-13(19-23)11-17(20)24-16-5-3-2-4-15(16)18(21)22/h2-9,13H,10-11H2,1H3,(H,21,22). The zero-order chi connectivity index (χ0) is 18.2. The van der Waals surface area contributed by atoms with Crippen LogP contribution in [0.25, 0.3) is 0 Å². The van der Waals surface area contributed by atoms with Gasteiger partial charge in [0.15, 0.2) is 0 Å². The minimum absolute atomic E-state index is 0.0472. The van der Waals surface area contributed by atoms with Crippen molar-refractivity contribution in [2.24, 2.45) is 5.18 Å². The van der Waals surface area contributed by atoms with Crippen LogP contribution < -0.4 is 4.74 Å². The van der Waals surface area contributed by atoms with Gasteiger partial charge in [0, 0.05) is 4.90 Å². The van der Waals surface area contributed by atoms with Gasteiger partial charge in [0.1, 0.15) is 17.4 Å². The molecule has 1 unspecified atom stereocenters. The summed E-state index contributed by atoms with van der Waals surface area (Å²) in [5.74, 6) is -1.93. The van der Waals surface area contributed by atoms with Crippen LogP contribution in [0.1, 0.15) is 22.3 Å². The first-order valence-electron chi connectivity index (χ1n) is 7.52. The zero-order valence-electron chi connectivity index (χ0n) is 13.5. The van der Waals surface area contributed by atoms with Crippen molar-refractivity contribution in [1.82, 2.24) is 0 Å². The van der Waals surface area contributed by atoms with Gasteiger partial charge in [-0.1, -0.05) is 29.4 Å². The van der Waals surface area contributed by atoms with E-state index in [1.807, 2.05) is 30.5 Å². The van der Waals surface area contributed by atoms with Gasteiger partial charge in [0.2, 0.25) is 0 Å². The predicted octanol–water partition coefficient (Wildman–Crippen LogP) is 3.78. The Bertz CT molecular complexity index is 760. The topological polar surface area (TPSA) is 93.0 Å². The number of carboxylic acid groups (broad SMARTS) is 1. The summed E-state index contributed by atoms with van der Waals surface area (Å²) in [4.78, 5) is 35.3. The maximum atomic E-state index is 12.0. The maximum Gasteiger partial charge on any atom is 0.339 e. The summed E-state index contributed by atoms with van der Waals surface area (Å²) in [6.45, 7) is 0. The minimum atomic E-state index is -1.19. The average molecular weight is 359 g/mol. The Hall–Kier alpha value is -2.67. The lowest BCUT2D eigenvalue weighted by atomic mass is 10.0. The van der Waals surface area contributed by atoms with Gasteiger partial charge in [0.05, 0.1) is 6.42 Å². The Kier molecular flexibility index (Phi) is 6.71. The molecular weight excluding hydrogens is 342 g/mol. The van der Waals surface area contributed by atoms with Crippen LogP contribution >= 0.6 is 11.8 Å². The number of nitroso groups, excluding NO2 is 1. The first-order valence-corrected chi connectivity index (χ1v) is 8.74. The van der Waals surface area contributed by atoms with Crippen molar-refractivity contribution < 1.29 is 19.4 Å². The number of carbonyl (C=O) groups is 2. The molecule has 2 aromatic carbocycles. The zero-order valence-corrected chi connectivity index (χ0v) is 14.4. The third-order valence-corrected chi connectivity index (χ3v) is 4.27. The molecule has 0 saturated heterocycles. The lowest BCUT2D eigenvalue weighted by Gasteiger charge is -2.11. The van der Waals surface area contributed by atoms with Gasteiger partial charge in [-0.25, -0.2) is 4.79 Å². The second kappa shape index (κ2) is 8.98.